The van der Waals surface area contributed by atoms with Crippen LogP contribution >= 0.6 is 24.0 Å². The molecule has 0 saturated heterocycles. The number of hydrogen-bond donors (Lipinski definition) is 0. The molecule has 70 valence electrons. The lowest BCUT2D eigenvalue weighted by atomic mass is 9.88. The minimum atomic E-state index is 0.282. The van der Waals surface area contributed by atoms with E-state index in [0.29, 0.717) is 0 Å². The number of hydrogen-bond acceptors (Lipinski definition) is 2. The van der Waals surface area contributed by atoms with Crippen LogP contribution in [0.25, 0.3) is 0 Å². The Bertz CT molecular complexity index is 190. The van der Waals surface area contributed by atoms with Crippen molar-refractivity contribution in [2.45, 2.75) is 34.1 Å². The molecule has 0 atom stereocenters. The van der Waals surface area contributed by atoms with Crippen molar-refractivity contribution in [3.8, 4) is 0 Å². The summed E-state index contributed by atoms with van der Waals surface area (Å²) in [5, 5.41) is 0. The van der Waals surface area contributed by atoms with E-state index >= 15 is 0 Å². The second-order valence-corrected chi connectivity index (χ2v) is 5.14. The molecule has 0 aromatic rings. The minimum Gasteiger partial charge on any atom is -0.118 e. The Kier molecular flexibility index (Phi) is 5.10. The van der Waals surface area contributed by atoms with Crippen LogP contribution in [0, 0.1) is 5.41 Å². The molecule has 0 nitrogen and oxygen atoms in total. The third-order valence-electron chi connectivity index (χ3n) is 2.03. The van der Waals surface area contributed by atoms with Crippen LogP contribution < -0.4 is 0 Å². The summed E-state index contributed by atoms with van der Waals surface area (Å²) in [6.07, 6.45) is 5.45. The van der Waals surface area contributed by atoms with Crippen molar-refractivity contribution in [2.75, 3.05) is 6.26 Å². The highest BCUT2D eigenvalue weighted by atomic mass is 32.2. The molecule has 0 radical (unpaired) electrons. The quantitative estimate of drug-likeness (QED) is 0.500. The van der Waals surface area contributed by atoms with Crippen LogP contribution in [0.1, 0.15) is 34.1 Å². The third kappa shape index (κ3) is 4.27. The maximum atomic E-state index is 5.19. The van der Waals surface area contributed by atoms with E-state index in [1.165, 1.54) is 5.57 Å². The molecule has 0 amide bonds. The van der Waals surface area contributed by atoms with Crippen LogP contribution in [0.4, 0.5) is 0 Å². The maximum absolute atomic E-state index is 5.19. The molecule has 12 heavy (non-hydrogen) atoms. The lowest BCUT2D eigenvalue weighted by molar-refractivity contribution is 0.460. The molecule has 0 spiro atoms. The smallest absolute Gasteiger partial charge is 0.0729 e. The molecule has 0 aromatic heterocycles. The first kappa shape index (κ1) is 12.2. The van der Waals surface area contributed by atoms with Crippen LogP contribution in [-0.2, 0) is 0 Å². The number of thioether (sulfide) groups is 1. The first-order valence-corrected chi connectivity index (χ1v) is 5.84. The van der Waals surface area contributed by atoms with Crippen molar-refractivity contribution in [1.29, 1.82) is 0 Å². The normalized spacial score (nSPS) is 13.2. The van der Waals surface area contributed by atoms with Crippen LogP contribution in [-0.4, -0.2) is 10.5 Å². The standard InChI is InChI=1S/C10H18S2/c1-6-10(3,4)7-8(2)9(11)12-5/h7H,6H2,1-5H3/b8-7+. The van der Waals surface area contributed by atoms with Gasteiger partial charge in [0.2, 0.25) is 0 Å². The van der Waals surface area contributed by atoms with E-state index in [9.17, 15) is 0 Å². The average molecular weight is 202 g/mol. The molecule has 0 aliphatic rings. The highest BCUT2D eigenvalue weighted by Gasteiger charge is 2.12. The van der Waals surface area contributed by atoms with Crippen molar-refractivity contribution in [3.05, 3.63) is 11.6 Å². The first-order valence-electron chi connectivity index (χ1n) is 4.20. The fourth-order valence-corrected chi connectivity index (χ4v) is 1.35. The van der Waals surface area contributed by atoms with Gasteiger partial charge in [-0.3, -0.25) is 0 Å². The zero-order valence-electron chi connectivity index (χ0n) is 8.60. The Morgan fingerprint density at radius 1 is 1.50 bits per heavy atom. The zero-order chi connectivity index (χ0) is 9.78. The van der Waals surface area contributed by atoms with Gasteiger partial charge in [-0.2, -0.15) is 0 Å². The molecule has 0 heterocycles. The summed E-state index contributed by atoms with van der Waals surface area (Å²) in [6.45, 7) is 8.76. The van der Waals surface area contributed by atoms with Crippen LogP contribution in [0.2, 0.25) is 0 Å². The largest absolute Gasteiger partial charge is 0.118 e. The fraction of sp³-hybridized carbons (Fsp3) is 0.700. The molecule has 0 N–H and O–H groups in total. The van der Waals surface area contributed by atoms with Crippen molar-refractivity contribution < 1.29 is 0 Å². The number of rotatable bonds is 3. The van der Waals surface area contributed by atoms with E-state index < -0.39 is 0 Å². The summed E-state index contributed by atoms with van der Waals surface area (Å²) in [6, 6.07) is 0. The highest BCUT2D eigenvalue weighted by Crippen LogP contribution is 2.24. The second-order valence-electron chi connectivity index (χ2n) is 3.66. The van der Waals surface area contributed by atoms with E-state index in [1.54, 1.807) is 11.8 Å². The van der Waals surface area contributed by atoms with E-state index in [0.717, 1.165) is 10.6 Å². The third-order valence-corrected chi connectivity index (χ3v) is 3.54. The number of allylic oxidation sites excluding steroid dienone is 1. The topological polar surface area (TPSA) is 0 Å². The molecule has 0 bridgehead atoms. The lowest BCUT2D eigenvalue weighted by Gasteiger charge is -2.18. The van der Waals surface area contributed by atoms with Gasteiger partial charge in [-0.15, -0.1) is 11.8 Å². The van der Waals surface area contributed by atoms with Crippen LogP contribution in [0.15, 0.2) is 11.6 Å². The van der Waals surface area contributed by atoms with Gasteiger partial charge in [-0.25, -0.2) is 0 Å². The van der Waals surface area contributed by atoms with Gasteiger partial charge < -0.3 is 0 Å². The predicted octanol–water partition coefficient (Wildman–Crippen LogP) is 4.06. The summed E-state index contributed by atoms with van der Waals surface area (Å²) < 4.78 is 1.01. The first-order chi connectivity index (χ1) is 5.43. The molecule has 0 fully saturated rings. The second kappa shape index (κ2) is 5.03. The van der Waals surface area contributed by atoms with Gasteiger partial charge in [0.1, 0.15) is 0 Å². The van der Waals surface area contributed by atoms with Gasteiger partial charge in [-0.05, 0) is 30.6 Å². The van der Waals surface area contributed by atoms with Gasteiger partial charge >= 0.3 is 0 Å². The Morgan fingerprint density at radius 3 is 2.33 bits per heavy atom. The van der Waals surface area contributed by atoms with Gasteiger partial charge in [0.15, 0.2) is 0 Å². The number of thiocarbonyl (C=S) groups is 1. The highest BCUT2D eigenvalue weighted by molar-refractivity contribution is 8.23. The minimum absolute atomic E-state index is 0.282. The molecule has 0 aliphatic carbocycles. The van der Waals surface area contributed by atoms with Gasteiger partial charge in [0, 0.05) is 0 Å². The van der Waals surface area contributed by atoms with E-state index in [4.69, 9.17) is 12.2 Å². The van der Waals surface area contributed by atoms with E-state index in [1.807, 2.05) is 6.26 Å². The van der Waals surface area contributed by atoms with Crippen molar-refractivity contribution in [2.24, 2.45) is 5.41 Å². The van der Waals surface area contributed by atoms with E-state index in [-0.39, 0.29) is 5.41 Å². The maximum Gasteiger partial charge on any atom is 0.0729 e. The summed E-state index contributed by atoms with van der Waals surface area (Å²) in [7, 11) is 0. The molecular weight excluding hydrogens is 184 g/mol. The lowest BCUT2D eigenvalue weighted by Crippen LogP contribution is -2.07. The van der Waals surface area contributed by atoms with Crippen molar-refractivity contribution >= 4 is 28.2 Å². The molecule has 2 heteroatoms. The Labute approximate surface area is 85.8 Å². The van der Waals surface area contributed by atoms with Crippen LogP contribution in [0.5, 0.6) is 0 Å². The SMILES string of the molecule is CCC(C)(C)/C=C(\C)C(=S)SC. The molecule has 0 aromatic carbocycles. The summed E-state index contributed by atoms with van der Waals surface area (Å²) in [5.74, 6) is 0. The summed E-state index contributed by atoms with van der Waals surface area (Å²) >= 11 is 6.84. The van der Waals surface area contributed by atoms with Gasteiger partial charge in [-0.1, -0.05) is 39.1 Å². The Balaban J connectivity index is 4.45. The van der Waals surface area contributed by atoms with Crippen molar-refractivity contribution in [1.82, 2.24) is 0 Å². The Morgan fingerprint density at radius 2 is 2.00 bits per heavy atom. The zero-order valence-corrected chi connectivity index (χ0v) is 10.2. The van der Waals surface area contributed by atoms with Crippen molar-refractivity contribution in [3.63, 3.8) is 0 Å². The average Bonchev–Trinajstić information content (AvgIpc) is 2.02. The molecular formula is C10H18S2. The molecule has 0 aliphatic heterocycles. The molecule has 0 unspecified atom stereocenters. The fourth-order valence-electron chi connectivity index (χ4n) is 0.908. The van der Waals surface area contributed by atoms with Gasteiger partial charge in [0.25, 0.3) is 0 Å². The summed E-state index contributed by atoms with van der Waals surface area (Å²) in [5.41, 5.74) is 1.52. The summed E-state index contributed by atoms with van der Waals surface area (Å²) in [4.78, 5) is 0. The Hall–Kier alpha value is 0.180. The van der Waals surface area contributed by atoms with E-state index in [2.05, 4.69) is 33.8 Å². The molecule has 0 saturated carbocycles. The monoisotopic (exact) mass is 202 g/mol. The predicted molar refractivity (Wildman–Crippen MR) is 63.9 cm³/mol. The molecule has 0 rings (SSSR count). The van der Waals surface area contributed by atoms with Crippen LogP contribution in [0.3, 0.4) is 0 Å². The van der Waals surface area contributed by atoms with Gasteiger partial charge in [0.05, 0.1) is 4.20 Å².